The number of hydrogen-bond donors (Lipinski definition) is 2. The van der Waals surface area contributed by atoms with E-state index in [1.165, 1.54) is 29.1 Å². The fourth-order valence-electron chi connectivity index (χ4n) is 4.05. The highest BCUT2D eigenvalue weighted by molar-refractivity contribution is 5.90. The number of hydrogen-bond acceptors (Lipinski definition) is 5. The van der Waals surface area contributed by atoms with E-state index >= 15 is 0 Å². The van der Waals surface area contributed by atoms with Crippen LogP contribution in [-0.2, 0) is 17.3 Å². The number of amides is 1. The summed E-state index contributed by atoms with van der Waals surface area (Å²) in [5.41, 5.74) is 2.41. The minimum atomic E-state index is -4.44. The van der Waals surface area contributed by atoms with E-state index in [0.29, 0.717) is 35.5 Å². The summed E-state index contributed by atoms with van der Waals surface area (Å²) in [6, 6.07) is 17.0. The van der Waals surface area contributed by atoms with Crippen LogP contribution < -0.4 is 5.32 Å². The third-order valence-electron chi connectivity index (χ3n) is 6.03. The summed E-state index contributed by atoms with van der Waals surface area (Å²) in [5, 5.41) is 20.5. The fourth-order valence-corrected chi connectivity index (χ4v) is 4.05. The molecule has 0 saturated heterocycles. The highest BCUT2D eigenvalue weighted by atomic mass is 19.4. The van der Waals surface area contributed by atoms with Crippen LogP contribution in [0.3, 0.4) is 0 Å². The number of benzene rings is 3. The number of ether oxygens (including phenoxy) is 1. The van der Waals surface area contributed by atoms with Crippen LogP contribution in [0.1, 0.15) is 48.7 Å². The van der Waals surface area contributed by atoms with Crippen LogP contribution >= 0.6 is 0 Å². The fraction of sp³-hybridized carbons (Fsp3) is 0.267. The lowest BCUT2D eigenvalue weighted by Crippen LogP contribution is -2.33. The summed E-state index contributed by atoms with van der Waals surface area (Å²) in [6.07, 6.45) is -1.93. The summed E-state index contributed by atoms with van der Waals surface area (Å²) in [6.45, 7) is 5.87. The van der Waals surface area contributed by atoms with Crippen molar-refractivity contribution in [2.75, 3.05) is 6.54 Å². The van der Waals surface area contributed by atoms with Crippen LogP contribution in [0.5, 0.6) is 0 Å². The normalized spacial score (nSPS) is 11.8. The molecule has 1 heterocycles. The molecule has 11 heteroatoms. The Labute approximate surface area is 234 Å². The smallest absolute Gasteiger partial charge is 0.416 e. The SMILES string of the molecule is CC(C)(C)OC(=O)NCCCc1ccc(-c2cc(C(=O)O)cc(-n3cc(-c4ccc(C(F)(F)F)cc4)nn3)c2)cc1. The lowest BCUT2D eigenvalue weighted by Gasteiger charge is -2.19. The van der Waals surface area contributed by atoms with Gasteiger partial charge in [-0.15, -0.1) is 5.10 Å². The molecule has 0 aliphatic rings. The van der Waals surface area contributed by atoms with Gasteiger partial charge >= 0.3 is 18.2 Å². The van der Waals surface area contributed by atoms with E-state index in [1.54, 1.807) is 32.9 Å². The molecule has 0 radical (unpaired) electrons. The van der Waals surface area contributed by atoms with Gasteiger partial charge in [0.25, 0.3) is 0 Å². The molecule has 1 aromatic heterocycles. The average molecular weight is 567 g/mol. The van der Waals surface area contributed by atoms with Crippen LogP contribution in [0.2, 0.25) is 0 Å². The van der Waals surface area contributed by atoms with E-state index in [-0.39, 0.29) is 5.56 Å². The Kier molecular flexibility index (Phi) is 8.46. The van der Waals surface area contributed by atoms with Crippen molar-refractivity contribution in [1.29, 1.82) is 0 Å². The summed E-state index contributed by atoms with van der Waals surface area (Å²) in [4.78, 5) is 23.6. The van der Waals surface area contributed by atoms with Gasteiger partial charge in [-0.1, -0.05) is 41.6 Å². The Morgan fingerprint density at radius 1 is 0.927 bits per heavy atom. The van der Waals surface area contributed by atoms with E-state index in [4.69, 9.17) is 4.74 Å². The lowest BCUT2D eigenvalue weighted by molar-refractivity contribution is -0.137. The van der Waals surface area contributed by atoms with Gasteiger partial charge in [0.05, 0.1) is 23.0 Å². The number of aromatic nitrogens is 3. The van der Waals surface area contributed by atoms with Crippen LogP contribution in [0.4, 0.5) is 18.0 Å². The second-order valence-corrected chi connectivity index (χ2v) is 10.4. The molecule has 4 rings (SSSR count). The molecule has 214 valence electrons. The first kappa shape index (κ1) is 29.3. The molecule has 0 bridgehead atoms. The van der Waals surface area contributed by atoms with Gasteiger partial charge in [0, 0.05) is 12.1 Å². The van der Waals surface area contributed by atoms with Crippen molar-refractivity contribution in [2.24, 2.45) is 0 Å². The van der Waals surface area contributed by atoms with Crippen LogP contribution in [0.15, 0.2) is 72.9 Å². The first-order chi connectivity index (χ1) is 19.3. The molecule has 0 spiro atoms. The van der Waals surface area contributed by atoms with Crippen molar-refractivity contribution >= 4 is 12.1 Å². The average Bonchev–Trinajstić information content (AvgIpc) is 3.40. The molecule has 41 heavy (non-hydrogen) atoms. The monoisotopic (exact) mass is 566 g/mol. The number of rotatable bonds is 8. The zero-order valence-corrected chi connectivity index (χ0v) is 22.7. The van der Waals surface area contributed by atoms with Crippen molar-refractivity contribution in [1.82, 2.24) is 20.3 Å². The highest BCUT2D eigenvalue weighted by Crippen LogP contribution is 2.31. The molecule has 0 atom stereocenters. The topological polar surface area (TPSA) is 106 Å². The number of halogens is 3. The third kappa shape index (κ3) is 7.93. The number of aromatic carboxylic acids is 1. The van der Waals surface area contributed by atoms with Crippen LogP contribution in [0.25, 0.3) is 28.1 Å². The Morgan fingerprint density at radius 3 is 2.20 bits per heavy atom. The Bertz CT molecular complexity index is 1520. The van der Waals surface area contributed by atoms with Gasteiger partial charge < -0.3 is 15.2 Å². The minimum Gasteiger partial charge on any atom is -0.478 e. The maximum absolute atomic E-state index is 12.9. The third-order valence-corrected chi connectivity index (χ3v) is 6.03. The van der Waals surface area contributed by atoms with Gasteiger partial charge in [0.15, 0.2) is 0 Å². The van der Waals surface area contributed by atoms with E-state index in [0.717, 1.165) is 29.7 Å². The second-order valence-electron chi connectivity index (χ2n) is 10.4. The van der Waals surface area contributed by atoms with Crippen molar-refractivity contribution in [2.45, 2.75) is 45.4 Å². The van der Waals surface area contributed by atoms with E-state index in [9.17, 15) is 27.9 Å². The molecule has 0 saturated carbocycles. The zero-order chi connectivity index (χ0) is 29.8. The number of carbonyl (C=O) groups excluding carboxylic acids is 1. The Balaban J connectivity index is 1.48. The minimum absolute atomic E-state index is 0.0429. The molecule has 4 aromatic rings. The lowest BCUT2D eigenvalue weighted by atomic mass is 9.99. The Morgan fingerprint density at radius 2 is 1.59 bits per heavy atom. The number of nitrogens with one attached hydrogen (secondary N) is 1. The number of aryl methyl sites for hydroxylation is 1. The first-order valence-electron chi connectivity index (χ1n) is 12.8. The molecule has 0 unspecified atom stereocenters. The van der Waals surface area contributed by atoms with E-state index < -0.39 is 29.4 Å². The number of alkyl carbamates (subject to hydrolysis) is 1. The Hall–Kier alpha value is -4.67. The molecular weight excluding hydrogens is 537 g/mol. The van der Waals surface area contributed by atoms with Crippen molar-refractivity contribution < 1.29 is 32.6 Å². The van der Waals surface area contributed by atoms with Gasteiger partial charge in [-0.25, -0.2) is 14.3 Å². The van der Waals surface area contributed by atoms with Gasteiger partial charge in [-0.2, -0.15) is 13.2 Å². The summed E-state index contributed by atoms with van der Waals surface area (Å²) in [7, 11) is 0. The predicted molar refractivity (Wildman–Crippen MR) is 147 cm³/mol. The quantitative estimate of drug-likeness (QED) is 0.228. The number of carboxylic acids is 1. The van der Waals surface area contributed by atoms with Gasteiger partial charge in [0.1, 0.15) is 11.3 Å². The van der Waals surface area contributed by atoms with Crippen molar-refractivity contribution in [3.63, 3.8) is 0 Å². The molecule has 0 aliphatic heterocycles. The van der Waals surface area contributed by atoms with Gasteiger partial charge in [0.2, 0.25) is 0 Å². The molecule has 8 nitrogen and oxygen atoms in total. The summed E-state index contributed by atoms with van der Waals surface area (Å²) < 4.78 is 45.3. The van der Waals surface area contributed by atoms with E-state index in [1.807, 2.05) is 24.3 Å². The van der Waals surface area contributed by atoms with Crippen molar-refractivity contribution in [3.8, 4) is 28.1 Å². The molecule has 1 amide bonds. The largest absolute Gasteiger partial charge is 0.478 e. The van der Waals surface area contributed by atoms with Crippen LogP contribution in [0, 0.1) is 0 Å². The standard InChI is InChI=1S/C30H29F3N4O4/c1-29(2,3)41-28(40)34-14-4-5-19-6-8-20(9-7-19)22-15-23(27(38)39)17-25(16-22)37-18-26(35-36-37)21-10-12-24(13-11-21)30(31,32)33/h6-13,15-18H,4-5,14H2,1-3H3,(H,34,40)(H,38,39). The summed E-state index contributed by atoms with van der Waals surface area (Å²) in [5.74, 6) is -1.12. The highest BCUT2D eigenvalue weighted by Gasteiger charge is 2.30. The summed E-state index contributed by atoms with van der Waals surface area (Å²) >= 11 is 0. The number of nitrogens with zero attached hydrogens (tertiary/aromatic N) is 3. The number of alkyl halides is 3. The van der Waals surface area contributed by atoms with E-state index in [2.05, 4.69) is 15.6 Å². The van der Waals surface area contributed by atoms with Crippen molar-refractivity contribution in [3.05, 3.63) is 89.6 Å². The first-order valence-corrected chi connectivity index (χ1v) is 12.8. The second kappa shape index (κ2) is 11.8. The molecule has 0 aliphatic carbocycles. The predicted octanol–water partition coefficient (Wildman–Crippen LogP) is 6.78. The number of carbonyl (C=O) groups is 2. The number of carboxylic acid groups (broad SMARTS) is 1. The molecular formula is C30H29F3N4O4. The van der Waals surface area contributed by atoms with Crippen LogP contribution in [-0.4, -0.2) is 44.3 Å². The molecule has 0 fully saturated rings. The molecule has 2 N–H and O–H groups in total. The van der Waals surface area contributed by atoms with Gasteiger partial charge in [-0.3, -0.25) is 0 Å². The maximum atomic E-state index is 12.9. The zero-order valence-electron chi connectivity index (χ0n) is 22.7. The van der Waals surface area contributed by atoms with Gasteiger partial charge in [-0.05, 0) is 80.6 Å². The molecule has 3 aromatic carbocycles. The maximum Gasteiger partial charge on any atom is 0.416 e.